The van der Waals surface area contributed by atoms with Gasteiger partial charge in [0.05, 0.1) is 11.6 Å². The molecule has 0 aliphatic carbocycles. The Balaban J connectivity index is 1.41. The number of piperazine rings is 1. The molecule has 1 aliphatic rings. The lowest BCUT2D eigenvalue weighted by atomic mass is 10.1. The van der Waals surface area contributed by atoms with Crippen LogP contribution < -0.4 is 4.74 Å². The van der Waals surface area contributed by atoms with Crippen molar-refractivity contribution in [3.63, 3.8) is 0 Å². The second-order valence-electron chi connectivity index (χ2n) is 7.35. The van der Waals surface area contributed by atoms with Crippen molar-refractivity contribution >= 4 is 23.4 Å². The smallest absolute Gasteiger partial charge is 0.253 e. The van der Waals surface area contributed by atoms with Gasteiger partial charge in [-0.05, 0) is 55.7 Å². The molecule has 3 rings (SSSR count). The van der Waals surface area contributed by atoms with Gasteiger partial charge in [0.1, 0.15) is 5.75 Å². The molecule has 1 aliphatic heterocycles. The van der Waals surface area contributed by atoms with Gasteiger partial charge in [0.25, 0.3) is 5.91 Å². The van der Waals surface area contributed by atoms with Crippen molar-refractivity contribution in [3.8, 4) is 5.75 Å². The van der Waals surface area contributed by atoms with E-state index >= 15 is 0 Å². The molecule has 2 aromatic carbocycles. The van der Waals surface area contributed by atoms with E-state index in [2.05, 4.69) is 0 Å². The van der Waals surface area contributed by atoms with E-state index in [0.717, 1.165) is 5.56 Å². The van der Waals surface area contributed by atoms with Crippen LogP contribution in [-0.2, 0) is 4.79 Å². The molecule has 0 bridgehead atoms. The Morgan fingerprint density at radius 2 is 1.66 bits per heavy atom. The van der Waals surface area contributed by atoms with E-state index in [0.29, 0.717) is 62.0 Å². The van der Waals surface area contributed by atoms with Crippen molar-refractivity contribution in [1.29, 1.82) is 0 Å². The van der Waals surface area contributed by atoms with Crippen LogP contribution in [-0.4, -0.2) is 54.4 Å². The molecule has 5 nitrogen and oxygen atoms in total. The summed E-state index contributed by atoms with van der Waals surface area (Å²) in [7, 11) is 0. The average molecular weight is 415 g/mol. The number of benzene rings is 2. The number of para-hydroxylation sites is 1. The molecule has 2 amide bonds. The molecule has 6 heteroatoms. The quantitative estimate of drug-likeness (QED) is 0.668. The highest BCUT2D eigenvalue weighted by molar-refractivity contribution is 6.32. The highest BCUT2D eigenvalue weighted by atomic mass is 35.5. The van der Waals surface area contributed by atoms with E-state index < -0.39 is 0 Å². The predicted molar refractivity (Wildman–Crippen MR) is 115 cm³/mol. The van der Waals surface area contributed by atoms with Gasteiger partial charge < -0.3 is 14.5 Å². The Bertz CT molecular complexity index is 876. The van der Waals surface area contributed by atoms with Crippen molar-refractivity contribution in [3.05, 3.63) is 64.2 Å². The highest BCUT2D eigenvalue weighted by Crippen LogP contribution is 2.23. The Kier molecular flexibility index (Phi) is 7.15. The third-order valence-corrected chi connectivity index (χ3v) is 5.61. The van der Waals surface area contributed by atoms with Crippen LogP contribution in [0.3, 0.4) is 0 Å². The second-order valence-corrected chi connectivity index (χ2v) is 7.76. The van der Waals surface area contributed by atoms with E-state index in [9.17, 15) is 9.59 Å². The predicted octanol–water partition coefficient (Wildman–Crippen LogP) is 4.10. The SMILES string of the molecule is Cc1ccc(C(=O)N2CCN(C(=O)CCCOc3ccccc3Cl)CC2)cc1C. The number of amides is 2. The largest absolute Gasteiger partial charge is 0.492 e. The summed E-state index contributed by atoms with van der Waals surface area (Å²) in [5.74, 6) is 0.777. The number of nitrogens with zero attached hydrogens (tertiary/aromatic N) is 2. The zero-order valence-electron chi connectivity index (χ0n) is 17.0. The molecule has 0 unspecified atom stereocenters. The first kappa shape index (κ1) is 21.2. The molecule has 0 spiro atoms. The van der Waals surface area contributed by atoms with Gasteiger partial charge in [0.15, 0.2) is 0 Å². The minimum absolute atomic E-state index is 0.0355. The lowest BCUT2D eigenvalue weighted by molar-refractivity contribution is -0.132. The van der Waals surface area contributed by atoms with Gasteiger partial charge in [-0.25, -0.2) is 0 Å². The monoisotopic (exact) mass is 414 g/mol. The van der Waals surface area contributed by atoms with Crippen molar-refractivity contribution in [2.75, 3.05) is 32.8 Å². The minimum atomic E-state index is 0.0355. The molecule has 0 N–H and O–H groups in total. The van der Waals surface area contributed by atoms with E-state index in [-0.39, 0.29) is 11.8 Å². The van der Waals surface area contributed by atoms with Crippen LogP contribution in [0.4, 0.5) is 0 Å². The van der Waals surface area contributed by atoms with Gasteiger partial charge in [-0.2, -0.15) is 0 Å². The molecule has 0 atom stereocenters. The van der Waals surface area contributed by atoms with Gasteiger partial charge in [-0.3, -0.25) is 9.59 Å². The number of hydrogen-bond donors (Lipinski definition) is 0. The number of carbonyl (C=O) groups excluding carboxylic acids is 2. The topological polar surface area (TPSA) is 49.9 Å². The molecule has 1 fully saturated rings. The lowest BCUT2D eigenvalue weighted by Crippen LogP contribution is -2.50. The fourth-order valence-electron chi connectivity index (χ4n) is 3.34. The van der Waals surface area contributed by atoms with Crippen LogP contribution in [0.25, 0.3) is 0 Å². The summed E-state index contributed by atoms with van der Waals surface area (Å²) in [5.41, 5.74) is 3.00. The van der Waals surface area contributed by atoms with E-state index in [1.54, 1.807) is 6.07 Å². The standard InChI is InChI=1S/C23H27ClN2O3/c1-17-9-10-19(16-18(17)2)23(28)26-13-11-25(12-14-26)22(27)8-5-15-29-21-7-4-3-6-20(21)24/h3-4,6-7,9-10,16H,5,8,11-15H2,1-2H3. The average Bonchev–Trinajstić information content (AvgIpc) is 2.74. The number of ether oxygens (including phenoxy) is 1. The number of hydrogen-bond acceptors (Lipinski definition) is 3. The minimum Gasteiger partial charge on any atom is -0.492 e. The molecule has 0 aromatic heterocycles. The number of aryl methyl sites for hydroxylation is 2. The summed E-state index contributed by atoms with van der Waals surface area (Å²) < 4.78 is 5.63. The van der Waals surface area contributed by atoms with Gasteiger partial charge in [-0.15, -0.1) is 0 Å². The van der Waals surface area contributed by atoms with Crippen molar-refractivity contribution in [2.45, 2.75) is 26.7 Å². The lowest BCUT2D eigenvalue weighted by Gasteiger charge is -2.35. The summed E-state index contributed by atoms with van der Waals surface area (Å²) >= 11 is 6.05. The van der Waals surface area contributed by atoms with Crippen LogP contribution in [0.15, 0.2) is 42.5 Å². The maximum absolute atomic E-state index is 12.7. The van der Waals surface area contributed by atoms with Crippen LogP contribution in [0, 0.1) is 13.8 Å². The molecule has 1 saturated heterocycles. The molecular weight excluding hydrogens is 388 g/mol. The Morgan fingerprint density at radius 3 is 2.34 bits per heavy atom. The zero-order chi connectivity index (χ0) is 20.8. The fourth-order valence-corrected chi connectivity index (χ4v) is 3.53. The maximum atomic E-state index is 12.7. The Morgan fingerprint density at radius 1 is 0.966 bits per heavy atom. The summed E-state index contributed by atoms with van der Waals surface area (Å²) in [4.78, 5) is 28.8. The summed E-state index contributed by atoms with van der Waals surface area (Å²) in [6.45, 7) is 6.76. The molecule has 2 aromatic rings. The van der Waals surface area contributed by atoms with Crippen molar-refractivity contribution in [2.24, 2.45) is 0 Å². The fraction of sp³-hybridized carbons (Fsp3) is 0.391. The first-order valence-corrected chi connectivity index (χ1v) is 10.3. The van der Waals surface area contributed by atoms with E-state index in [1.165, 1.54) is 5.56 Å². The molecule has 154 valence electrons. The molecule has 0 radical (unpaired) electrons. The van der Waals surface area contributed by atoms with E-state index in [1.807, 2.05) is 60.0 Å². The van der Waals surface area contributed by atoms with Gasteiger partial charge in [-0.1, -0.05) is 29.8 Å². The second kappa shape index (κ2) is 9.79. The maximum Gasteiger partial charge on any atom is 0.253 e. The Hall–Kier alpha value is -2.53. The van der Waals surface area contributed by atoms with Crippen molar-refractivity contribution in [1.82, 2.24) is 9.80 Å². The van der Waals surface area contributed by atoms with Crippen LogP contribution in [0.2, 0.25) is 5.02 Å². The zero-order valence-corrected chi connectivity index (χ0v) is 17.7. The number of carbonyl (C=O) groups is 2. The summed E-state index contributed by atoms with van der Waals surface area (Å²) in [6, 6.07) is 13.1. The molecule has 0 saturated carbocycles. The van der Waals surface area contributed by atoms with Crippen molar-refractivity contribution < 1.29 is 14.3 Å². The van der Waals surface area contributed by atoms with E-state index in [4.69, 9.17) is 16.3 Å². The van der Waals surface area contributed by atoms with Gasteiger partial charge >= 0.3 is 0 Å². The van der Waals surface area contributed by atoms with Crippen LogP contribution >= 0.6 is 11.6 Å². The first-order valence-electron chi connectivity index (χ1n) is 9.97. The first-order chi connectivity index (χ1) is 14.0. The van der Waals surface area contributed by atoms with Gasteiger partial charge in [0.2, 0.25) is 5.91 Å². The van der Waals surface area contributed by atoms with Crippen LogP contribution in [0.5, 0.6) is 5.75 Å². The molecule has 29 heavy (non-hydrogen) atoms. The number of halogens is 1. The van der Waals surface area contributed by atoms with Crippen LogP contribution in [0.1, 0.15) is 34.3 Å². The molecular formula is C23H27ClN2O3. The summed E-state index contributed by atoms with van der Waals surface area (Å²) in [5, 5.41) is 0.573. The summed E-state index contributed by atoms with van der Waals surface area (Å²) in [6.07, 6.45) is 1.06. The molecule has 1 heterocycles. The third kappa shape index (κ3) is 5.51. The normalized spacial score (nSPS) is 14.0. The number of rotatable bonds is 6. The highest BCUT2D eigenvalue weighted by Gasteiger charge is 2.24. The third-order valence-electron chi connectivity index (χ3n) is 5.30. The van der Waals surface area contributed by atoms with Gasteiger partial charge in [0, 0.05) is 38.2 Å². The Labute approximate surface area is 177 Å².